The largest absolute Gasteiger partial charge is 0.480 e. The lowest BCUT2D eigenvalue weighted by atomic mass is 10.1. The van der Waals surface area contributed by atoms with Crippen LogP contribution in [0.2, 0.25) is 0 Å². The Morgan fingerprint density at radius 3 is 2.58 bits per heavy atom. The maximum absolute atomic E-state index is 11.8. The van der Waals surface area contributed by atoms with Crippen molar-refractivity contribution >= 4 is 28.2 Å². The van der Waals surface area contributed by atoms with Crippen LogP contribution in [0.1, 0.15) is 10.4 Å². The van der Waals surface area contributed by atoms with Gasteiger partial charge in [-0.05, 0) is 11.6 Å². The molecule has 0 aliphatic heterocycles. The van der Waals surface area contributed by atoms with E-state index in [9.17, 15) is 9.59 Å². The number of hydrogen-bond acceptors (Lipinski definition) is 4. The van der Waals surface area contributed by atoms with Crippen LogP contribution in [0.25, 0.3) is 10.4 Å². The third-order valence-corrected chi connectivity index (χ3v) is 3.48. The molecule has 1 aromatic carbocycles. The third-order valence-electron chi connectivity index (χ3n) is 2.46. The van der Waals surface area contributed by atoms with Crippen LogP contribution in [-0.2, 0) is 4.79 Å². The monoisotopic (exact) mass is 276 g/mol. The fourth-order valence-electron chi connectivity index (χ4n) is 1.58. The van der Waals surface area contributed by atoms with Gasteiger partial charge in [-0.2, -0.15) is 0 Å². The van der Waals surface area contributed by atoms with Gasteiger partial charge < -0.3 is 16.2 Å². The number of carbonyl (C=O) groups excluding carboxylic acids is 1. The molecule has 2 aromatic rings. The van der Waals surface area contributed by atoms with Crippen molar-refractivity contribution in [1.82, 2.24) is 5.32 Å². The zero-order valence-electron chi connectivity index (χ0n) is 9.92. The van der Waals surface area contributed by atoms with Crippen LogP contribution in [0.3, 0.4) is 0 Å². The van der Waals surface area contributed by atoms with Gasteiger partial charge in [-0.15, -0.1) is 11.3 Å². The summed E-state index contributed by atoms with van der Waals surface area (Å²) >= 11 is 1.30. The molecule has 0 aliphatic carbocycles. The second-order valence-electron chi connectivity index (χ2n) is 3.83. The molecule has 0 bridgehead atoms. The SMILES string of the molecule is Nc1sc(-c2ccccc2)cc1C(=O)NCC(=O)O. The smallest absolute Gasteiger partial charge is 0.322 e. The molecule has 6 heteroatoms. The van der Waals surface area contributed by atoms with E-state index in [1.165, 1.54) is 11.3 Å². The fourth-order valence-corrected chi connectivity index (χ4v) is 2.51. The quantitative estimate of drug-likeness (QED) is 0.794. The normalized spacial score (nSPS) is 10.1. The molecule has 0 aliphatic rings. The zero-order valence-corrected chi connectivity index (χ0v) is 10.7. The average molecular weight is 276 g/mol. The van der Waals surface area contributed by atoms with Crippen LogP contribution < -0.4 is 11.1 Å². The first-order valence-electron chi connectivity index (χ1n) is 5.52. The van der Waals surface area contributed by atoms with Crippen molar-refractivity contribution < 1.29 is 14.7 Å². The number of aliphatic carboxylic acids is 1. The lowest BCUT2D eigenvalue weighted by Crippen LogP contribution is -2.29. The number of carbonyl (C=O) groups is 2. The predicted octanol–water partition coefficient (Wildman–Crippen LogP) is 1.81. The van der Waals surface area contributed by atoms with Crippen LogP contribution in [0.5, 0.6) is 0 Å². The molecule has 0 fully saturated rings. The van der Waals surface area contributed by atoms with Crippen LogP contribution in [0, 0.1) is 0 Å². The number of nitrogens with two attached hydrogens (primary N) is 1. The summed E-state index contributed by atoms with van der Waals surface area (Å²) in [6.07, 6.45) is 0. The number of hydrogen-bond donors (Lipinski definition) is 3. The minimum Gasteiger partial charge on any atom is -0.480 e. The van der Waals surface area contributed by atoms with Gasteiger partial charge in [0.25, 0.3) is 5.91 Å². The minimum absolute atomic E-state index is 0.310. The standard InChI is InChI=1S/C13H12N2O3S/c14-12-9(13(18)15-7-11(16)17)6-10(19-12)8-4-2-1-3-5-8/h1-6H,7,14H2,(H,15,18)(H,16,17). The highest BCUT2D eigenvalue weighted by molar-refractivity contribution is 7.19. The Hall–Kier alpha value is -2.34. The first-order chi connectivity index (χ1) is 9.08. The lowest BCUT2D eigenvalue weighted by Gasteiger charge is -2.00. The average Bonchev–Trinajstić information content (AvgIpc) is 2.79. The number of nitrogens with one attached hydrogen (secondary N) is 1. The molecule has 1 heterocycles. The van der Waals surface area contributed by atoms with E-state index in [0.717, 1.165) is 10.4 Å². The van der Waals surface area contributed by atoms with Crippen molar-refractivity contribution in [2.24, 2.45) is 0 Å². The molecule has 98 valence electrons. The molecule has 19 heavy (non-hydrogen) atoms. The Morgan fingerprint density at radius 2 is 1.95 bits per heavy atom. The van der Waals surface area contributed by atoms with Crippen molar-refractivity contribution in [3.63, 3.8) is 0 Å². The molecule has 5 nitrogen and oxygen atoms in total. The van der Waals surface area contributed by atoms with Crippen molar-refractivity contribution in [3.8, 4) is 10.4 Å². The zero-order chi connectivity index (χ0) is 13.8. The number of thiophene rings is 1. The molecule has 0 radical (unpaired) electrons. The molecular weight excluding hydrogens is 264 g/mol. The summed E-state index contributed by atoms with van der Waals surface area (Å²) in [7, 11) is 0. The third kappa shape index (κ3) is 3.11. The number of carboxylic acid groups (broad SMARTS) is 1. The van der Waals surface area contributed by atoms with Gasteiger partial charge in [-0.25, -0.2) is 0 Å². The highest BCUT2D eigenvalue weighted by Gasteiger charge is 2.15. The summed E-state index contributed by atoms with van der Waals surface area (Å²) in [6.45, 7) is -0.422. The number of carboxylic acids is 1. The maximum Gasteiger partial charge on any atom is 0.322 e. The second kappa shape index (κ2) is 5.53. The summed E-state index contributed by atoms with van der Waals surface area (Å²) in [5.74, 6) is -1.57. The van der Waals surface area contributed by atoms with E-state index >= 15 is 0 Å². The van der Waals surface area contributed by atoms with E-state index in [4.69, 9.17) is 10.8 Å². The summed E-state index contributed by atoms with van der Waals surface area (Å²) in [5, 5.41) is 11.2. The van der Waals surface area contributed by atoms with Gasteiger partial charge in [0.15, 0.2) is 0 Å². The lowest BCUT2D eigenvalue weighted by molar-refractivity contribution is -0.135. The Morgan fingerprint density at radius 1 is 1.26 bits per heavy atom. The molecule has 0 unspecified atom stereocenters. The van der Waals surface area contributed by atoms with Crippen LogP contribution >= 0.6 is 11.3 Å². The first kappa shape index (κ1) is 13.1. The molecular formula is C13H12N2O3S. The topological polar surface area (TPSA) is 92.4 Å². The number of rotatable bonds is 4. The van der Waals surface area contributed by atoms with Crippen LogP contribution in [-0.4, -0.2) is 23.5 Å². The fraction of sp³-hybridized carbons (Fsp3) is 0.0769. The minimum atomic E-state index is -1.09. The molecule has 0 saturated carbocycles. The van der Waals surface area contributed by atoms with E-state index in [0.29, 0.717) is 10.6 Å². The number of benzene rings is 1. The predicted molar refractivity (Wildman–Crippen MR) is 74.1 cm³/mol. The Labute approximate surface area is 113 Å². The van der Waals surface area contributed by atoms with Crippen LogP contribution in [0.4, 0.5) is 5.00 Å². The van der Waals surface area contributed by atoms with Crippen molar-refractivity contribution in [2.75, 3.05) is 12.3 Å². The van der Waals surface area contributed by atoms with Gasteiger partial charge in [-0.1, -0.05) is 30.3 Å². The van der Waals surface area contributed by atoms with E-state index in [-0.39, 0.29) is 0 Å². The highest BCUT2D eigenvalue weighted by Crippen LogP contribution is 2.33. The van der Waals surface area contributed by atoms with Gasteiger partial charge in [0.1, 0.15) is 6.54 Å². The van der Waals surface area contributed by atoms with Crippen LogP contribution in [0.15, 0.2) is 36.4 Å². The number of anilines is 1. The van der Waals surface area contributed by atoms with E-state index in [2.05, 4.69) is 5.32 Å². The van der Waals surface area contributed by atoms with E-state index in [1.807, 2.05) is 30.3 Å². The molecule has 4 N–H and O–H groups in total. The summed E-state index contributed by atoms with van der Waals surface area (Å²) in [6, 6.07) is 11.2. The molecule has 1 aromatic heterocycles. The Balaban J connectivity index is 2.22. The van der Waals surface area contributed by atoms with Crippen molar-refractivity contribution in [2.45, 2.75) is 0 Å². The summed E-state index contributed by atoms with van der Waals surface area (Å²) < 4.78 is 0. The van der Waals surface area contributed by atoms with Gasteiger partial charge in [-0.3, -0.25) is 9.59 Å². The Bertz CT molecular complexity index is 608. The summed E-state index contributed by atoms with van der Waals surface area (Å²) in [4.78, 5) is 23.0. The molecule has 0 saturated heterocycles. The van der Waals surface area contributed by atoms with Gasteiger partial charge in [0, 0.05) is 4.88 Å². The first-order valence-corrected chi connectivity index (χ1v) is 6.34. The van der Waals surface area contributed by atoms with Crippen molar-refractivity contribution in [3.05, 3.63) is 42.0 Å². The van der Waals surface area contributed by atoms with E-state index in [1.54, 1.807) is 6.07 Å². The molecule has 0 atom stereocenters. The Kier molecular flexibility index (Phi) is 3.82. The number of amides is 1. The molecule has 0 spiro atoms. The van der Waals surface area contributed by atoms with Crippen molar-refractivity contribution in [1.29, 1.82) is 0 Å². The maximum atomic E-state index is 11.8. The number of nitrogen functional groups attached to an aromatic ring is 1. The van der Waals surface area contributed by atoms with Gasteiger partial charge in [0.2, 0.25) is 0 Å². The highest BCUT2D eigenvalue weighted by atomic mass is 32.1. The van der Waals surface area contributed by atoms with E-state index < -0.39 is 18.4 Å². The van der Waals surface area contributed by atoms with Gasteiger partial charge in [0.05, 0.1) is 10.6 Å². The summed E-state index contributed by atoms with van der Waals surface area (Å²) in [5.41, 5.74) is 7.08. The molecule has 1 amide bonds. The molecule has 2 rings (SSSR count). The second-order valence-corrected chi connectivity index (χ2v) is 4.91. The van der Waals surface area contributed by atoms with Gasteiger partial charge >= 0.3 is 5.97 Å².